The van der Waals surface area contributed by atoms with Crippen molar-refractivity contribution in [2.75, 3.05) is 0 Å². The van der Waals surface area contributed by atoms with Gasteiger partial charge in [0.05, 0.1) is 28.1 Å². The highest BCUT2D eigenvalue weighted by molar-refractivity contribution is 6.26. The Labute approximate surface area is 375 Å². The van der Waals surface area contributed by atoms with Gasteiger partial charge < -0.3 is 8.98 Å². The number of hydrogen-bond donors (Lipinski definition) is 0. The molecule has 65 heavy (non-hydrogen) atoms. The molecule has 0 aliphatic carbocycles. The van der Waals surface area contributed by atoms with E-state index < -0.39 is 0 Å². The molecule has 0 spiro atoms. The largest absolute Gasteiger partial charge is 0.456 e. The molecule has 306 valence electrons. The average Bonchev–Trinajstić information content (AvgIpc) is 3.90. The van der Waals surface area contributed by atoms with Crippen LogP contribution in [0.2, 0.25) is 0 Å². The molecular formula is C61H41N3O. The maximum atomic E-state index is 6.85. The smallest absolute Gasteiger partial charge is 0.160 e. The fourth-order valence-electron chi connectivity index (χ4n) is 10.2. The number of aromatic nitrogens is 1. The van der Waals surface area contributed by atoms with E-state index >= 15 is 0 Å². The Hall–Kier alpha value is -8.34. The Morgan fingerprint density at radius 2 is 1.12 bits per heavy atom. The first-order valence-electron chi connectivity index (χ1n) is 22.4. The monoisotopic (exact) mass is 831 g/mol. The first kappa shape index (κ1) is 37.2. The average molecular weight is 832 g/mol. The molecule has 4 nitrogen and oxygen atoms in total. The Balaban J connectivity index is 1.08. The summed E-state index contributed by atoms with van der Waals surface area (Å²) >= 11 is 0. The number of rotatable bonds is 5. The lowest BCUT2D eigenvalue weighted by Crippen LogP contribution is -2.18. The van der Waals surface area contributed by atoms with Crippen LogP contribution < -0.4 is 0 Å². The van der Waals surface area contributed by atoms with Crippen LogP contribution in [0.4, 0.5) is 0 Å². The molecule has 13 rings (SSSR count). The number of furan rings is 1. The van der Waals surface area contributed by atoms with Crippen molar-refractivity contribution in [3.8, 4) is 16.8 Å². The van der Waals surface area contributed by atoms with Crippen LogP contribution >= 0.6 is 0 Å². The van der Waals surface area contributed by atoms with Crippen LogP contribution in [0.1, 0.15) is 30.0 Å². The number of nitrogens with zero attached hydrogens (tertiary/aromatic N) is 3. The fraction of sp³-hybridized carbons (Fsp3) is 0.0492. The van der Waals surface area contributed by atoms with Gasteiger partial charge in [0.2, 0.25) is 0 Å². The normalized spacial score (nSPS) is 15.4. The minimum Gasteiger partial charge on any atom is -0.456 e. The van der Waals surface area contributed by atoms with Gasteiger partial charge >= 0.3 is 0 Å². The highest BCUT2D eigenvalue weighted by Crippen LogP contribution is 2.42. The molecule has 1 atom stereocenters. The van der Waals surface area contributed by atoms with Crippen molar-refractivity contribution in [3.63, 3.8) is 0 Å². The summed E-state index contributed by atoms with van der Waals surface area (Å²) in [4.78, 5) is 11.3. The van der Waals surface area contributed by atoms with Crippen LogP contribution in [0.15, 0.2) is 227 Å². The van der Waals surface area contributed by atoms with Crippen LogP contribution in [0.5, 0.6) is 0 Å². The lowest BCUT2D eigenvalue weighted by atomic mass is 9.90. The van der Waals surface area contributed by atoms with E-state index in [4.69, 9.17) is 14.4 Å². The Kier molecular flexibility index (Phi) is 8.53. The molecule has 0 amide bonds. The van der Waals surface area contributed by atoms with Gasteiger partial charge in [-0.25, -0.2) is 9.98 Å². The fourth-order valence-corrected chi connectivity index (χ4v) is 10.2. The second kappa shape index (κ2) is 14.9. The van der Waals surface area contributed by atoms with Gasteiger partial charge in [-0.15, -0.1) is 0 Å². The molecule has 0 fully saturated rings. The van der Waals surface area contributed by atoms with Gasteiger partial charge in [0.1, 0.15) is 11.2 Å². The van der Waals surface area contributed by atoms with E-state index in [2.05, 4.69) is 218 Å². The number of benzene rings is 10. The first-order valence-corrected chi connectivity index (χ1v) is 22.4. The van der Waals surface area contributed by atoms with E-state index in [1.165, 1.54) is 43.3 Å². The van der Waals surface area contributed by atoms with Gasteiger partial charge in [-0.05, 0) is 92.3 Å². The SMILES string of the molecule is C[C@@H]1C/C=C(\c2cccc(-c3ccccc3)c2)N=C(c2ccc3ccccc3c2)N=C1c1cc(-n2c3cc4ccccc4cc3c3c4ccccc4ccc32)cc2oc3ccccc3c12. The van der Waals surface area contributed by atoms with E-state index in [9.17, 15) is 0 Å². The molecule has 0 saturated heterocycles. The molecule has 10 aromatic carbocycles. The second-order valence-corrected chi connectivity index (χ2v) is 17.4. The van der Waals surface area contributed by atoms with E-state index in [1.54, 1.807) is 0 Å². The van der Waals surface area contributed by atoms with Crippen molar-refractivity contribution >= 4 is 93.3 Å². The quantitative estimate of drug-likeness (QED) is 0.170. The second-order valence-electron chi connectivity index (χ2n) is 17.4. The van der Waals surface area contributed by atoms with E-state index in [1.807, 2.05) is 6.07 Å². The van der Waals surface area contributed by atoms with E-state index in [0.29, 0.717) is 5.84 Å². The molecule has 0 bridgehead atoms. The molecule has 0 unspecified atom stereocenters. The Bertz CT molecular complexity index is 4000. The van der Waals surface area contributed by atoms with Crippen molar-refractivity contribution in [2.45, 2.75) is 13.3 Å². The van der Waals surface area contributed by atoms with Crippen molar-refractivity contribution < 1.29 is 4.42 Å². The summed E-state index contributed by atoms with van der Waals surface area (Å²) in [7, 11) is 0. The number of allylic oxidation sites excluding steroid dienone is 1. The Morgan fingerprint density at radius 3 is 1.97 bits per heavy atom. The molecule has 1 aliphatic rings. The molecular weight excluding hydrogens is 791 g/mol. The maximum Gasteiger partial charge on any atom is 0.160 e. The molecule has 0 saturated carbocycles. The van der Waals surface area contributed by atoms with Gasteiger partial charge in [0.25, 0.3) is 0 Å². The highest BCUT2D eigenvalue weighted by atomic mass is 16.3. The third kappa shape index (κ3) is 6.21. The van der Waals surface area contributed by atoms with Gasteiger partial charge in [-0.2, -0.15) is 0 Å². The number of para-hydroxylation sites is 1. The summed E-state index contributed by atoms with van der Waals surface area (Å²) < 4.78 is 9.28. The summed E-state index contributed by atoms with van der Waals surface area (Å²) in [6.07, 6.45) is 3.05. The summed E-state index contributed by atoms with van der Waals surface area (Å²) in [5.41, 5.74) is 12.3. The third-order valence-electron chi connectivity index (χ3n) is 13.4. The minimum atomic E-state index is 0.0198. The van der Waals surface area contributed by atoms with Crippen LogP contribution in [-0.4, -0.2) is 16.1 Å². The first-order chi connectivity index (χ1) is 32.1. The van der Waals surface area contributed by atoms with Crippen molar-refractivity contribution in [2.24, 2.45) is 15.9 Å². The van der Waals surface area contributed by atoms with Crippen LogP contribution in [0.3, 0.4) is 0 Å². The van der Waals surface area contributed by atoms with Crippen LogP contribution in [0.25, 0.3) is 98.6 Å². The maximum absolute atomic E-state index is 6.85. The third-order valence-corrected chi connectivity index (χ3v) is 13.4. The summed E-state index contributed by atoms with van der Waals surface area (Å²) in [5, 5.41) is 11.8. The predicted octanol–water partition coefficient (Wildman–Crippen LogP) is 16.1. The van der Waals surface area contributed by atoms with Crippen molar-refractivity contribution in [1.29, 1.82) is 0 Å². The zero-order chi connectivity index (χ0) is 43.0. The zero-order valence-electron chi connectivity index (χ0n) is 35.7. The molecule has 4 heteroatoms. The van der Waals surface area contributed by atoms with Gasteiger partial charge in [0, 0.05) is 50.2 Å². The lowest BCUT2D eigenvalue weighted by Gasteiger charge is -2.20. The van der Waals surface area contributed by atoms with Crippen LogP contribution in [0, 0.1) is 5.92 Å². The molecule has 0 N–H and O–H groups in total. The molecule has 0 radical (unpaired) electrons. The zero-order valence-corrected chi connectivity index (χ0v) is 35.7. The standard InChI is InChI=1S/C61H41N3O/c1-38-26-30-53(46-22-13-21-43(32-46)39-14-3-2-4-15-39)62-61(47-28-27-40-16-5-6-18-42(40)33-47)63-60(38)52-36-48(37-57-59(52)50-24-11-12-25-56(50)65-57)64-54-31-29-41-17-9-10-23-49(41)58(54)51-34-44-19-7-8-20-45(44)35-55(51)64/h2-25,27-38H,26H2,1H3/b53-30+,62-61?,63-60?/t38-/m1/s1. The molecule has 3 heterocycles. The van der Waals surface area contributed by atoms with Gasteiger partial charge in [0.15, 0.2) is 5.84 Å². The minimum absolute atomic E-state index is 0.0198. The number of aliphatic imine (C=N–C) groups is 2. The number of fused-ring (bicyclic) bond motifs is 10. The number of amidine groups is 1. The Morgan fingerprint density at radius 1 is 0.446 bits per heavy atom. The van der Waals surface area contributed by atoms with E-state index in [-0.39, 0.29) is 5.92 Å². The summed E-state index contributed by atoms with van der Waals surface area (Å²) in [6, 6.07) is 74.0. The van der Waals surface area contributed by atoms with Crippen molar-refractivity contribution in [1.82, 2.24) is 4.57 Å². The molecule has 2 aromatic heterocycles. The summed E-state index contributed by atoms with van der Waals surface area (Å²) in [5.74, 6) is 0.696. The van der Waals surface area contributed by atoms with Gasteiger partial charge in [-0.1, -0.05) is 171 Å². The highest BCUT2D eigenvalue weighted by Gasteiger charge is 2.25. The summed E-state index contributed by atoms with van der Waals surface area (Å²) in [6.45, 7) is 2.30. The van der Waals surface area contributed by atoms with Crippen LogP contribution in [-0.2, 0) is 0 Å². The van der Waals surface area contributed by atoms with E-state index in [0.717, 1.165) is 84.1 Å². The van der Waals surface area contributed by atoms with Gasteiger partial charge in [-0.3, -0.25) is 0 Å². The topological polar surface area (TPSA) is 42.8 Å². The molecule has 12 aromatic rings. The van der Waals surface area contributed by atoms with Crippen molar-refractivity contribution in [3.05, 3.63) is 229 Å². The number of hydrogen-bond acceptors (Lipinski definition) is 3. The molecule has 1 aliphatic heterocycles. The lowest BCUT2D eigenvalue weighted by molar-refractivity contribution is 0.668. The predicted molar refractivity (Wildman–Crippen MR) is 274 cm³/mol.